The summed E-state index contributed by atoms with van der Waals surface area (Å²) in [5.74, 6) is -0.216. The van der Waals surface area contributed by atoms with Crippen molar-refractivity contribution in [3.63, 3.8) is 0 Å². The lowest BCUT2D eigenvalue weighted by molar-refractivity contribution is 0.628. The van der Waals surface area contributed by atoms with E-state index in [9.17, 15) is 4.39 Å². The minimum atomic E-state index is -0.216. The SMILES string of the molecule is Fc1ccc(-c2cccc3ncccc23)cc1. The third-order valence-electron chi connectivity index (χ3n) is 2.80. The van der Waals surface area contributed by atoms with E-state index >= 15 is 0 Å². The minimum absolute atomic E-state index is 0.216. The molecule has 0 atom stereocenters. The highest BCUT2D eigenvalue weighted by Crippen LogP contribution is 2.27. The maximum absolute atomic E-state index is 12.9. The molecule has 1 aromatic heterocycles. The van der Waals surface area contributed by atoms with Crippen molar-refractivity contribution in [3.8, 4) is 11.1 Å². The molecule has 0 fully saturated rings. The molecule has 0 bridgehead atoms. The summed E-state index contributed by atoms with van der Waals surface area (Å²) in [6.07, 6.45) is 1.77. The molecule has 0 radical (unpaired) electrons. The Balaban J connectivity index is 2.27. The Bertz CT molecular complexity index is 654. The van der Waals surface area contributed by atoms with Crippen LogP contribution in [0.5, 0.6) is 0 Å². The van der Waals surface area contributed by atoms with Crippen LogP contribution in [0.4, 0.5) is 4.39 Å². The summed E-state index contributed by atoms with van der Waals surface area (Å²) in [6.45, 7) is 0. The van der Waals surface area contributed by atoms with Crippen molar-refractivity contribution in [1.29, 1.82) is 0 Å². The number of hydrogen-bond acceptors (Lipinski definition) is 1. The zero-order chi connectivity index (χ0) is 11.7. The van der Waals surface area contributed by atoms with E-state index in [1.165, 1.54) is 12.1 Å². The van der Waals surface area contributed by atoms with Gasteiger partial charge >= 0.3 is 0 Å². The third kappa shape index (κ3) is 1.78. The Morgan fingerprint density at radius 1 is 0.824 bits per heavy atom. The third-order valence-corrected chi connectivity index (χ3v) is 2.80. The Morgan fingerprint density at radius 2 is 1.65 bits per heavy atom. The molecule has 82 valence electrons. The van der Waals surface area contributed by atoms with Crippen molar-refractivity contribution < 1.29 is 4.39 Å². The molecule has 0 aliphatic carbocycles. The molecule has 1 heterocycles. The van der Waals surface area contributed by atoms with Crippen LogP contribution < -0.4 is 0 Å². The first-order valence-electron chi connectivity index (χ1n) is 5.44. The Hall–Kier alpha value is -2.22. The number of fused-ring (bicyclic) bond motifs is 1. The van der Waals surface area contributed by atoms with Gasteiger partial charge in [-0.3, -0.25) is 4.98 Å². The maximum Gasteiger partial charge on any atom is 0.123 e. The van der Waals surface area contributed by atoms with E-state index in [1.54, 1.807) is 18.3 Å². The van der Waals surface area contributed by atoms with Crippen molar-refractivity contribution in [1.82, 2.24) is 4.98 Å². The van der Waals surface area contributed by atoms with Crippen molar-refractivity contribution in [2.45, 2.75) is 0 Å². The molecule has 0 aliphatic heterocycles. The normalized spacial score (nSPS) is 10.6. The van der Waals surface area contributed by atoms with E-state index in [0.29, 0.717) is 0 Å². The number of benzene rings is 2. The van der Waals surface area contributed by atoms with Crippen LogP contribution in [0, 0.1) is 5.82 Å². The van der Waals surface area contributed by atoms with Gasteiger partial charge in [-0.05, 0) is 35.4 Å². The number of pyridine rings is 1. The van der Waals surface area contributed by atoms with E-state index < -0.39 is 0 Å². The van der Waals surface area contributed by atoms with Crippen LogP contribution in [0.25, 0.3) is 22.0 Å². The van der Waals surface area contributed by atoms with Gasteiger partial charge in [0.2, 0.25) is 0 Å². The Kier molecular flexibility index (Phi) is 2.33. The van der Waals surface area contributed by atoms with Crippen LogP contribution >= 0.6 is 0 Å². The summed E-state index contributed by atoms with van der Waals surface area (Å²) in [6, 6.07) is 16.4. The second kappa shape index (κ2) is 3.98. The first-order valence-corrected chi connectivity index (χ1v) is 5.44. The molecule has 2 aromatic carbocycles. The molecule has 17 heavy (non-hydrogen) atoms. The molecular weight excluding hydrogens is 213 g/mol. The van der Waals surface area contributed by atoms with Crippen molar-refractivity contribution >= 4 is 10.9 Å². The highest BCUT2D eigenvalue weighted by Gasteiger charge is 2.03. The number of rotatable bonds is 1. The standard InChI is InChI=1S/C15H10FN/c16-12-8-6-11(7-9-12)13-3-1-5-15-14(13)4-2-10-17-15/h1-10H. The van der Waals surface area contributed by atoms with Gasteiger partial charge in [0.15, 0.2) is 0 Å². The van der Waals surface area contributed by atoms with Crippen molar-refractivity contribution in [2.75, 3.05) is 0 Å². The lowest BCUT2D eigenvalue weighted by Gasteiger charge is -2.05. The van der Waals surface area contributed by atoms with Gasteiger partial charge in [0.05, 0.1) is 5.52 Å². The van der Waals surface area contributed by atoms with Crippen molar-refractivity contribution in [2.24, 2.45) is 0 Å². The zero-order valence-electron chi connectivity index (χ0n) is 9.10. The fourth-order valence-corrected chi connectivity index (χ4v) is 1.98. The number of hydrogen-bond donors (Lipinski definition) is 0. The van der Waals surface area contributed by atoms with Gasteiger partial charge in [-0.25, -0.2) is 4.39 Å². The predicted molar refractivity (Wildman–Crippen MR) is 67.1 cm³/mol. The molecule has 0 saturated carbocycles. The summed E-state index contributed by atoms with van der Waals surface area (Å²) in [5, 5.41) is 1.08. The lowest BCUT2D eigenvalue weighted by atomic mass is 10.0. The second-order valence-corrected chi connectivity index (χ2v) is 3.88. The van der Waals surface area contributed by atoms with Gasteiger partial charge in [0, 0.05) is 11.6 Å². The maximum atomic E-state index is 12.9. The smallest absolute Gasteiger partial charge is 0.123 e. The van der Waals surface area contributed by atoms with E-state index in [-0.39, 0.29) is 5.82 Å². The molecule has 0 saturated heterocycles. The van der Waals surface area contributed by atoms with Crippen LogP contribution in [-0.4, -0.2) is 4.98 Å². The highest BCUT2D eigenvalue weighted by atomic mass is 19.1. The molecule has 3 aromatic rings. The van der Waals surface area contributed by atoms with Crippen LogP contribution in [0.15, 0.2) is 60.8 Å². The quantitative estimate of drug-likeness (QED) is 0.606. The molecule has 3 rings (SSSR count). The summed E-state index contributed by atoms with van der Waals surface area (Å²) in [5.41, 5.74) is 3.04. The summed E-state index contributed by atoms with van der Waals surface area (Å²) in [7, 11) is 0. The summed E-state index contributed by atoms with van der Waals surface area (Å²) in [4.78, 5) is 4.31. The average molecular weight is 223 g/mol. The largest absolute Gasteiger partial charge is 0.256 e. The fraction of sp³-hybridized carbons (Fsp3) is 0. The van der Waals surface area contributed by atoms with Gasteiger partial charge in [0.1, 0.15) is 5.82 Å². The summed E-state index contributed by atoms with van der Waals surface area (Å²) < 4.78 is 12.9. The second-order valence-electron chi connectivity index (χ2n) is 3.88. The highest BCUT2D eigenvalue weighted by molar-refractivity contribution is 5.94. The summed E-state index contributed by atoms with van der Waals surface area (Å²) >= 11 is 0. The molecule has 0 aliphatic rings. The van der Waals surface area contributed by atoms with Crippen LogP contribution in [0.2, 0.25) is 0 Å². The van der Waals surface area contributed by atoms with Gasteiger partial charge in [-0.2, -0.15) is 0 Å². The molecule has 2 heteroatoms. The van der Waals surface area contributed by atoms with Crippen LogP contribution in [0.3, 0.4) is 0 Å². The Labute approximate surface area is 98.6 Å². The number of halogens is 1. The van der Waals surface area contributed by atoms with Crippen LogP contribution in [0.1, 0.15) is 0 Å². The van der Waals surface area contributed by atoms with Crippen LogP contribution in [-0.2, 0) is 0 Å². The van der Waals surface area contributed by atoms with E-state index in [4.69, 9.17) is 0 Å². The topological polar surface area (TPSA) is 12.9 Å². The van der Waals surface area contributed by atoms with Crippen molar-refractivity contribution in [3.05, 3.63) is 66.6 Å². The van der Waals surface area contributed by atoms with E-state index in [1.807, 2.05) is 30.3 Å². The molecule has 0 amide bonds. The average Bonchev–Trinajstić information content (AvgIpc) is 2.39. The molecule has 0 spiro atoms. The van der Waals surface area contributed by atoms with E-state index in [2.05, 4.69) is 4.98 Å². The molecular formula is C15H10FN. The van der Waals surface area contributed by atoms with Gasteiger partial charge < -0.3 is 0 Å². The molecule has 0 N–H and O–H groups in total. The molecule has 0 unspecified atom stereocenters. The number of aromatic nitrogens is 1. The van der Waals surface area contributed by atoms with Gasteiger partial charge in [-0.1, -0.05) is 30.3 Å². The fourth-order valence-electron chi connectivity index (χ4n) is 1.98. The number of nitrogens with zero attached hydrogens (tertiary/aromatic N) is 1. The molecule has 1 nitrogen and oxygen atoms in total. The zero-order valence-corrected chi connectivity index (χ0v) is 9.10. The lowest BCUT2D eigenvalue weighted by Crippen LogP contribution is -1.83. The van der Waals surface area contributed by atoms with E-state index in [0.717, 1.165) is 22.0 Å². The predicted octanol–water partition coefficient (Wildman–Crippen LogP) is 4.04. The Morgan fingerprint density at radius 3 is 2.47 bits per heavy atom. The minimum Gasteiger partial charge on any atom is -0.256 e. The monoisotopic (exact) mass is 223 g/mol. The van der Waals surface area contributed by atoms with Gasteiger partial charge in [-0.15, -0.1) is 0 Å². The van der Waals surface area contributed by atoms with Gasteiger partial charge in [0.25, 0.3) is 0 Å². The first-order chi connectivity index (χ1) is 8.34. The first kappa shape index (κ1) is 9.97.